The van der Waals surface area contributed by atoms with Crippen molar-refractivity contribution in [1.82, 2.24) is 0 Å². The first-order chi connectivity index (χ1) is 9.13. The maximum atomic E-state index is 13.3. The maximum Gasteiger partial charge on any atom is 0.137 e. The quantitative estimate of drug-likeness (QED) is 0.895. The molecule has 1 nitrogen and oxygen atoms in total. The fourth-order valence-corrected chi connectivity index (χ4v) is 3.11. The summed E-state index contributed by atoms with van der Waals surface area (Å²) < 4.78 is 13.8. The smallest absolute Gasteiger partial charge is 0.137 e. The molecule has 1 unspecified atom stereocenters. The van der Waals surface area contributed by atoms with Gasteiger partial charge in [-0.1, -0.05) is 36.4 Å². The molecule has 1 aliphatic rings. The summed E-state index contributed by atoms with van der Waals surface area (Å²) in [6.07, 6.45) is 2.18. The minimum absolute atomic E-state index is 0.0263. The Bertz CT molecular complexity index is 593. The standard InChI is InChI=1S/C16H15BrFN/c17-13-10-11(6-7-14(13)18)15(19)16(8-9-16)12-4-2-1-3-5-12/h1-7,10,15H,8-9,19H2. The van der Waals surface area contributed by atoms with Crippen molar-refractivity contribution in [3.8, 4) is 0 Å². The molecule has 98 valence electrons. The van der Waals surface area contributed by atoms with Gasteiger partial charge in [-0.15, -0.1) is 0 Å². The first-order valence-corrected chi connectivity index (χ1v) is 7.19. The highest BCUT2D eigenvalue weighted by atomic mass is 79.9. The van der Waals surface area contributed by atoms with Gasteiger partial charge in [-0.3, -0.25) is 0 Å². The van der Waals surface area contributed by atoms with E-state index < -0.39 is 0 Å². The second kappa shape index (κ2) is 4.73. The molecule has 0 aliphatic heterocycles. The van der Waals surface area contributed by atoms with Crippen LogP contribution in [0.15, 0.2) is 53.0 Å². The van der Waals surface area contributed by atoms with Gasteiger partial charge in [0.05, 0.1) is 4.47 Å². The summed E-state index contributed by atoms with van der Waals surface area (Å²) >= 11 is 3.23. The van der Waals surface area contributed by atoms with E-state index in [1.165, 1.54) is 11.6 Å². The van der Waals surface area contributed by atoms with Crippen LogP contribution in [-0.2, 0) is 5.41 Å². The van der Waals surface area contributed by atoms with Gasteiger partial charge in [-0.05, 0) is 52.0 Å². The first kappa shape index (κ1) is 12.8. The summed E-state index contributed by atoms with van der Waals surface area (Å²) in [7, 11) is 0. The Hall–Kier alpha value is -1.19. The molecule has 1 fully saturated rings. The summed E-state index contributed by atoms with van der Waals surface area (Å²) in [4.78, 5) is 0. The van der Waals surface area contributed by atoms with E-state index in [2.05, 4.69) is 28.1 Å². The van der Waals surface area contributed by atoms with Crippen LogP contribution in [-0.4, -0.2) is 0 Å². The molecule has 0 bridgehead atoms. The molecule has 0 saturated heterocycles. The molecule has 1 aliphatic carbocycles. The highest BCUT2D eigenvalue weighted by Gasteiger charge is 2.49. The van der Waals surface area contributed by atoms with Crippen LogP contribution < -0.4 is 5.73 Å². The Balaban J connectivity index is 1.96. The number of benzene rings is 2. The van der Waals surface area contributed by atoms with Crippen molar-refractivity contribution in [2.45, 2.75) is 24.3 Å². The minimum atomic E-state index is -0.250. The third-order valence-corrected chi connectivity index (χ3v) is 4.64. The summed E-state index contributed by atoms with van der Waals surface area (Å²) in [5.74, 6) is -0.250. The number of nitrogens with two attached hydrogens (primary N) is 1. The van der Waals surface area contributed by atoms with Crippen molar-refractivity contribution >= 4 is 15.9 Å². The first-order valence-electron chi connectivity index (χ1n) is 6.39. The molecule has 3 heteroatoms. The molecule has 0 amide bonds. The lowest BCUT2D eigenvalue weighted by Crippen LogP contribution is -2.26. The predicted molar refractivity (Wildman–Crippen MR) is 78.4 cm³/mol. The summed E-state index contributed by atoms with van der Waals surface area (Å²) in [6.45, 7) is 0. The van der Waals surface area contributed by atoms with Gasteiger partial charge in [0.25, 0.3) is 0 Å². The lowest BCUT2D eigenvalue weighted by molar-refractivity contribution is 0.538. The third-order valence-electron chi connectivity index (χ3n) is 4.04. The number of rotatable bonds is 3. The Kier molecular flexibility index (Phi) is 3.19. The molecular formula is C16H15BrFN. The Morgan fingerprint density at radius 1 is 1.11 bits per heavy atom. The van der Waals surface area contributed by atoms with E-state index in [1.54, 1.807) is 12.1 Å². The van der Waals surface area contributed by atoms with Gasteiger partial charge in [0.15, 0.2) is 0 Å². The van der Waals surface area contributed by atoms with Crippen LogP contribution in [0, 0.1) is 5.82 Å². The summed E-state index contributed by atoms with van der Waals surface area (Å²) in [5, 5.41) is 0. The van der Waals surface area contributed by atoms with E-state index in [0.717, 1.165) is 18.4 Å². The Morgan fingerprint density at radius 2 is 1.79 bits per heavy atom. The predicted octanol–water partition coefficient (Wildman–Crippen LogP) is 4.32. The molecule has 2 N–H and O–H groups in total. The molecule has 0 heterocycles. The van der Waals surface area contributed by atoms with E-state index in [9.17, 15) is 4.39 Å². The highest BCUT2D eigenvalue weighted by Crippen LogP contribution is 2.55. The van der Waals surface area contributed by atoms with Crippen molar-refractivity contribution in [2.24, 2.45) is 5.73 Å². The maximum absolute atomic E-state index is 13.3. The van der Waals surface area contributed by atoms with E-state index in [-0.39, 0.29) is 17.3 Å². The zero-order chi connectivity index (χ0) is 13.5. The number of hydrogen-bond donors (Lipinski definition) is 1. The molecular weight excluding hydrogens is 305 g/mol. The molecule has 3 rings (SSSR count). The molecule has 0 aromatic heterocycles. The molecule has 0 radical (unpaired) electrons. The van der Waals surface area contributed by atoms with Crippen molar-refractivity contribution in [2.75, 3.05) is 0 Å². The highest BCUT2D eigenvalue weighted by molar-refractivity contribution is 9.10. The second-order valence-electron chi connectivity index (χ2n) is 5.17. The Morgan fingerprint density at radius 3 is 2.37 bits per heavy atom. The van der Waals surface area contributed by atoms with Gasteiger partial charge in [-0.25, -0.2) is 4.39 Å². The summed E-state index contributed by atoms with van der Waals surface area (Å²) in [6, 6.07) is 15.3. The topological polar surface area (TPSA) is 26.0 Å². The van der Waals surface area contributed by atoms with Crippen LogP contribution in [0.25, 0.3) is 0 Å². The lowest BCUT2D eigenvalue weighted by atomic mass is 9.84. The molecule has 1 atom stereocenters. The zero-order valence-electron chi connectivity index (χ0n) is 10.4. The minimum Gasteiger partial charge on any atom is -0.323 e. The SMILES string of the molecule is NC(c1ccc(F)c(Br)c1)C1(c2ccccc2)CC1. The Labute approximate surface area is 120 Å². The molecule has 1 saturated carbocycles. The van der Waals surface area contributed by atoms with Crippen molar-refractivity contribution in [3.05, 3.63) is 69.9 Å². The fraction of sp³-hybridized carbons (Fsp3) is 0.250. The van der Waals surface area contributed by atoms with Gasteiger partial charge >= 0.3 is 0 Å². The van der Waals surface area contributed by atoms with Crippen LogP contribution >= 0.6 is 15.9 Å². The van der Waals surface area contributed by atoms with Crippen LogP contribution in [0.3, 0.4) is 0 Å². The molecule has 2 aromatic carbocycles. The lowest BCUT2D eigenvalue weighted by Gasteiger charge is -2.24. The fourth-order valence-electron chi connectivity index (χ4n) is 2.71. The average Bonchev–Trinajstić information content (AvgIpc) is 3.24. The van der Waals surface area contributed by atoms with Gasteiger partial charge in [0.1, 0.15) is 5.82 Å². The van der Waals surface area contributed by atoms with Gasteiger partial charge in [0.2, 0.25) is 0 Å². The van der Waals surface area contributed by atoms with E-state index in [4.69, 9.17) is 5.73 Å². The van der Waals surface area contributed by atoms with Gasteiger partial charge in [0, 0.05) is 11.5 Å². The monoisotopic (exact) mass is 319 g/mol. The molecule has 2 aromatic rings. The number of halogens is 2. The van der Waals surface area contributed by atoms with Crippen LogP contribution in [0.2, 0.25) is 0 Å². The second-order valence-corrected chi connectivity index (χ2v) is 6.03. The molecule has 0 spiro atoms. The average molecular weight is 320 g/mol. The van der Waals surface area contributed by atoms with Crippen LogP contribution in [0.4, 0.5) is 4.39 Å². The van der Waals surface area contributed by atoms with E-state index >= 15 is 0 Å². The van der Waals surface area contributed by atoms with E-state index in [0.29, 0.717) is 4.47 Å². The largest absolute Gasteiger partial charge is 0.323 e. The van der Waals surface area contributed by atoms with Crippen molar-refractivity contribution in [1.29, 1.82) is 0 Å². The van der Waals surface area contributed by atoms with Crippen molar-refractivity contribution < 1.29 is 4.39 Å². The van der Waals surface area contributed by atoms with Crippen molar-refractivity contribution in [3.63, 3.8) is 0 Å². The number of hydrogen-bond acceptors (Lipinski definition) is 1. The third kappa shape index (κ3) is 2.21. The van der Waals surface area contributed by atoms with Crippen LogP contribution in [0.5, 0.6) is 0 Å². The normalized spacial score (nSPS) is 18.1. The van der Waals surface area contributed by atoms with Gasteiger partial charge in [-0.2, -0.15) is 0 Å². The zero-order valence-corrected chi connectivity index (χ0v) is 12.0. The summed E-state index contributed by atoms with van der Waals surface area (Å²) in [5.41, 5.74) is 8.73. The van der Waals surface area contributed by atoms with Gasteiger partial charge < -0.3 is 5.73 Å². The van der Waals surface area contributed by atoms with E-state index in [1.807, 2.05) is 18.2 Å². The molecule has 19 heavy (non-hydrogen) atoms. The van der Waals surface area contributed by atoms with Crippen LogP contribution in [0.1, 0.15) is 30.0 Å².